The molecule has 106 valence electrons. The van der Waals surface area contributed by atoms with E-state index in [4.69, 9.17) is 0 Å². The molecule has 0 aliphatic rings. The summed E-state index contributed by atoms with van der Waals surface area (Å²) in [6, 6.07) is 12.3. The second kappa shape index (κ2) is 5.38. The first-order chi connectivity index (χ1) is 9.27. The van der Waals surface area contributed by atoms with Gasteiger partial charge in [0.1, 0.15) is 6.10 Å². The largest absolute Gasteiger partial charge is 0.384 e. The lowest BCUT2D eigenvalue weighted by atomic mass is 9.98. The number of aryl methyl sites for hydroxylation is 2. The van der Waals surface area contributed by atoms with Gasteiger partial charge in [0, 0.05) is 6.26 Å². The van der Waals surface area contributed by atoms with Crippen LogP contribution in [0.4, 0.5) is 0 Å². The Morgan fingerprint density at radius 2 is 1.55 bits per heavy atom. The van der Waals surface area contributed by atoms with Crippen molar-refractivity contribution in [3.8, 4) is 0 Å². The van der Waals surface area contributed by atoms with Crippen molar-refractivity contribution in [2.24, 2.45) is 0 Å². The highest BCUT2D eigenvalue weighted by molar-refractivity contribution is 7.90. The number of benzene rings is 2. The van der Waals surface area contributed by atoms with Gasteiger partial charge in [-0.2, -0.15) is 0 Å². The molecule has 0 heterocycles. The molecule has 2 rings (SSSR count). The third-order valence-corrected chi connectivity index (χ3v) is 4.27. The summed E-state index contributed by atoms with van der Waals surface area (Å²) in [5.41, 5.74) is 3.49. The predicted octanol–water partition coefficient (Wildman–Crippen LogP) is 2.79. The third-order valence-electron chi connectivity index (χ3n) is 3.16. The predicted molar refractivity (Wildman–Crippen MR) is 79.5 cm³/mol. The number of sulfone groups is 1. The average Bonchev–Trinajstić information content (AvgIpc) is 2.36. The molecule has 0 aliphatic heterocycles. The lowest BCUT2D eigenvalue weighted by Crippen LogP contribution is -2.03. The zero-order valence-corrected chi connectivity index (χ0v) is 12.6. The van der Waals surface area contributed by atoms with E-state index < -0.39 is 15.9 Å². The molecule has 0 saturated carbocycles. The van der Waals surface area contributed by atoms with Crippen LogP contribution in [0, 0.1) is 13.8 Å². The highest BCUT2D eigenvalue weighted by Crippen LogP contribution is 2.25. The molecule has 0 fully saturated rings. The van der Waals surface area contributed by atoms with Crippen LogP contribution in [0.15, 0.2) is 47.4 Å². The van der Waals surface area contributed by atoms with Gasteiger partial charge in [0.2, 0.25) is 0 Å². The van der Waals surface area contributed by atoms with Crippen LogP contribution in [-0.4, -0.2) is 19.8 Å². The maximum Gasteiger partial charge on any atom is 0.175 e. The number of aliphatic hydroxyl groups excluding tert-OH is 1. The van der Waals surface area contributed by atoms with E-state index in [0.29, 0.717) is 5.56 Å². The minimum atomic E-state index is -3.27. The van der Waals surface area contributed by atoms with Gasteiger partial charge in [-0.05, 0) is 37.1 Å². The van der Waals surface area contributed by atoms with E-state index in [2.05, 4.69) is 0 Å². The highest BCUT2D eigenvalue weighted by Gasteiger charge is 2.14. The summed E-state index contributed by atoms with van der Waals surface area (Å²) in [6.07, 6.45) is 0.338. The fourth-order valence-electron chi connectivity index (χ4n) is 2.28. The summed E-state index contributed by atoms with van der Waals surface area (Å²) >= 11 is 0. The Bertz CT molecular complexity index is 713. The topological polar surface area (TPSA) is 54.4 Å². The maximum absolute atomic E-state index is 11.6. The van der Waals surface area contributed by atoms with E-state index in [9.17, 15) is 13.5 Å². The molecular weight excluding hydrogens is 272 g/mol. The summed E-state index contributed by atoms with van der Waals surface area (Å²) in [5, 5.41) is 10.4. The molecule has 4 heteroatoms. The molecule has 1 atom stereocenters. The Kier molecular flexibility index (Phi) is 3.97. The van der Waals surface area contributed by atoms with Crippen LogP contribution in [0.25, 0.3) is 0 Å². The van der Waals surface area contributed by atoms with Gasteiger partial charge in [0.25, 0.3) is 0 Å². The highest BCUT2D eigenvalue weighted by atomic mass is 32.2. The average molecular weight is 290 g/mol. The van der Waals surface area contributed by atoms with Gasteiger partial charge < -0.3 is 5.11 Å². The fourth-order valence-corrected chi connectivity index (χ4v) is 2.95. The quantitative estimate of drug-likeness (QED) is 0.945. The molecule has 0 aliphatic carbocycles. The zero-order chi connectivity index (χ0) is 14.9. The Balaban J connectivity index is 2.45. The van der Waals surface area contributed by atoms with E-state index in [0.717, 1.165) is 22.9 Å². The molecule has 20 heavy (non-hydrogen) atoms. The second-order valence-corrected chi connectivity index (χ2v) is 7.18. The molecule has 0 saturated heterocycles. The third kappa shape index (κ3) is 3.26. The van der Waals surface area contributed by atoms with Crippen molar-refractivity contribution in [2.75, 3.05) is 6.26 Å². The zero-order valence-electron chi connectivity index (χ0n) is 11.8. The van der Waals surface area contributed by atoms with E-state index >= 15 is 0 Å². The molecule has 1 unspecified atom stereocenters. The summed E-state index contributed by atoms with van der Waals surface area (Å²) < 4.78 is 23.1. The smallest absolute Gasteiger partial charge is 0.175 e. The lowest BCUT2D eigenvalue weighted by Gasteiger charge is -2.14. The number of rotatable bonds is 3. The molecule has 0 amide bonds. The Morgan fingerprint density at radius 1 is 0.950 bits per heavy atom. The Morgan fingerprint density at radius 3 is 2.10 bits per heavy atom. The minimum Gasteiger partial charge on any atom is -0.384 e. The fraction of sp³-hybridized carbons (Fsp3) is 0.250. The van der Waals surface area contributed by atoms with Crippen LogP contribution < -0.4 is 0 Å². The maximum atomic E-state index is 11.6. The summed E-state index contributed by atoms with van der Waals surface area (Å²) in [4.78, 5) is 0.221. The van der Waals surface area contributed by atoms with Crippen LogP contribution >= 0.6 is 0 Å². The van der Waals surface area contributed by atoms with Crippen molar-refractivity contribution in [2.45, 2.75) is 24.8 Å². The molecular formula is C16H18O3S. The van der Waals surface area contributed by atoms with Gasteiger partial charge in [-0.3, -0.25) is 0 Å². The summed E-state index contributed by atoms with van der Waals surface area (Å²) in [5.74, 6) is 0. The SMILES string of the molecule is Cc1cc(C)cc(C(O)c2cccc(S(C)(=O)=O)c2)c1. The van der Waals surface area contributed by atoms with Crippen LogP contribution in [0.2, 0.25) is 0 Å². The molecule has 1 N–H and O–H groups in total. The minimum absolute atomic E-state index is 0.221. The van der Waals surface area contributed by atoms with E-state index in [-0.39, 0.29) is 4.90 Å². The first-order valence-corrected chi connectivity index (χ1v) is 8.23. The number of hydrogen-bond donors (Lipinski definition) is 1. The lowest BCUT2D eigenvalue weighted by molar-refractivity contribution is 0.220. The van der Waals surface area contributed by atoms with Gasteiger partial charge in [0.15, 0.2) is 9.84 Å². The van der Waals surface area contributed by atoms with Crippen molar-refractivity contribution in [3.05, 3.63) is 64.7 Å². The molecule has 2 aromatic rings. The molecule has 0 radical (unpaired) electrons. The van der Waals surface area contributed by atoms with Gasteiger partial charge in [-0.15, -0.1) is 0 Å². The van der Waals surface area contributed by atoms with Gasteiger partial charge in [-0.1, -0.05) is 41.5 Å². The van der Waals surface area contributed by atoms with Gasteiger partial charge in [0.05, 0.1) is 4.90 Å². The number of hydrogen-bond acceptors (Lipinski definition) is 3. The van der Waals surface area contributed by atoms with E-state index in [1.807, 2.05) is 32.0 Å². The van der Waals surface area contributed by atoms with Crippen LogP contribution in [0.1, 0.15) is 28.4 Å². The monoisotopic (exact) mass is 290 g/mol. The molecule has 0 aromatic heterocycles. The first-order valence-electron chi connectivity index (χ1n) is 6.33. The van der Waals surface area contributed by atoms with Crippen molar-refractivity contribution in [3.63, 3.8) is 0 Å². The second-order valence-electron chi connectivity index (χ2n) is 5.17. The van der Waals surface area contributed by atoms with Crippen molar-refractivity contribution >= 4 is 9.84 Å². The molecule has 3 nitrogen and oxygen atoms in total. The first kappa shape index (κ1) is 14.8. The summed E-state index contributed by atoms with van der Waals surface area (Å²) in [6.45, 7) is 3.94. The summed E-state index contributed by atoms with van der Waals surface area (Å²) in [7, 11) is -3.27. The van der Waals surface area contributed by atoms with Crippen molar-refractivity contribution in [1.82, 2.24) is 0 Å². The van der Waals surface area contributed by atoms with Crippen molar-refractivity contribution < 1.29 is 13.5 Å². The van der Waals surface area contributed by atoms with E-state index in [1.54, 1.807) is 12.1 Å². The van der Waals surface area contributed by atoms with Crippen LogP contribution in [0.3, 0.4) is 0 Å². The number of aliphatic hydroxyl groups is 1. The van der Waals surface area contributed by atoms with Crippen molar-refractivity contribution in [1.29, 1.82) is 0 Å². The molecule has 2 aromatic carbocycles. The van der Waals surface area contributed by atoms with Gasteiger partial charge in [-0.25, -0.2) is 8.42 Å². The molecule has 0 bridgehead atoms. The molecule has 0 spiro atoms. The van der Waals surface area contributed by atoms with E-state index in [1.165, 1.54) is 12.1 Å². The Labute approximate surface area is 119 Å². The Hall–Kier alpha value is -1.65. The van der Waals surface area contributed by atoms with Crippen LogP contribution in [-0.2, 0) is 9.84 Å². The normalized spacial score (nSPS) is 13.2. The van der Waals surface area contributed by atoms with Gasteiger partial charge >= 0.3 is 0 Å². The standard InChI is InChI=1S/C16H18O3S/c1-11-7-12(2)9-14(8-11)16(17)13-5-4-6-15(10-13)20(3,18)19/h4-10,16-17H,1-3H3. The van der Waals surface area contributed by atoms with Crippen LogP contribution in [0.5, 0.6) is 0 Å².